The zero-order valence-corrected chi connectivity index (χ0v) is 12.2. The van der Waals surface area contributed by atoms with Crippen LogP contribution in [0.3, 0.4) is 0 Å². The molecule has 0 fully saturated rings. The number of carbonyl (C=O) groups excluding carboxylic acids is 1. The van der Waals surface area contributed by atoms with Gasteiger partial charge in [-0.1, -0.05) is 51.2 Å². The van der Waals surface area contributed by atoms with Crippen molar-refractivity contribution in [3.8, 4) is 0 Å². The molecule has 1 aromatic rings. The standard InChI is InChI=1S/C14H20N2OS/c1-14(2,3)13(17)16(4)9-10-6-5-7-11(8-10)12(15)18/h5-8H,9H2,1-4H3,(H2,15,18). The summed E-state index contributed by atoms with van der Waals surface area (Å²) >= 11 is 4.94. The number of nitrogens with zero attached hydrogens (tertiary/aromatic N) is 1. The molecule has 18 heavy (non-hydrogen) atoms. The smallest absolute Gasteiger partial charge is 0.227 e. The molecular weight excluding hydrogens is 244 g/mol. The molecule has 0 saturated heterocycles. The predicted molar refractivity (Wildman–Crippen MR) is 78.3 cm³/mol. The van der Waals surface area contributed by atoms with Crippen molar-refractivity contribution in [2.75, 3.05) is 7.05 Å². The first kappa shape index (κ1) is 14.6. The third-order valence-electron chi connectivity index (χ3n) is 2.62. The van der Waals surface area contributed by atoms with Gasteiger partial charge in [-0.25, -0.2) is 0 Å². The number of benzene rings is 1. The highest BCUT2D eigenvalue weighted by molar-refractivity contribution is 7.80. The zero-order valence-electron chi connectivity index (χ0n) is 11.4. The number of amides is 1. The Morgan fingerprint density at radius 2 is 2.00 bits per heavy atom. The summed E-state index contributed by atoms with van der Waals surface area (Å²) in [4.78, 5) is 14.2. The fraction of sp³-hybridized carbons (Fsp3) is 0.429. The third-order valence-corrected chi connectivity index (χ3v) is 2.86. The Bertz CT molecular complexity index is 463. The monoisotopic (exact) mass is 264 g/mol. The lowest BCUT2D eigenvalue weighted by Crippen LogP contribution is -2.36. The van der Waals surface area contributed by atoms with Crippen LogP contribution in [-0.2, 0) is 11.3 Å². The van der Waals surface area contributed by atoms with Crippen LogP contribution >= 0.6 is 12.2 Å². The van der Waals surface area contributed by atoms with Gasteiger partial charge in [-0.15, -0.1) is 0 Å². The minimum Gasteiger partial charge on any atom is -0.389 e. The van der Waals surface area contributed by atoms with Crippen LogP contribution in [0.1, 0.15) is 31.9 Å². The van der Waals surface area contributed by atoms with Crippen molar-refractivity contribution in [1.29, 1.82) is 0 Å². The van der Waals surface area contributed by atoms with Crippen molar-refractivity contribution in [3.05, 3.63) is 35.4 Å². The summed E-state index contributed by atoms with van der Waals surface area (Å²) in [5.74, 6) is 0.114. The Hall–Kier alpha value is -1.42. The van der Waals surface area contributed by atoms with Crippen molar-refractivity contribution in [1.82, 2.24) is 4.90 Å². The Balaban J connectivity index is 2.82. The van der Waals surface area contributed by atoms with Crippen LogP contribution in [0.25, 0.3) is 0 Å². The van der Waals surface area contributed by atoms with Gasteiger partial charge >= 0.3 is 0 Å². The van der Waals surface area contributed by atoms with E-state index in [1.54, 1.807) is 11.9 Å². The fourth-order valence-corrected chi connectivity index (χ4v) is 1.87. The third kappa shape index (κ3) is 3.81. The Labute approximate surface area is 114 Å². The molecule has 0 bridgehead atoms. The van der Waals surface area contributed by atoms with Crippen LogP contribution in [-0.4, -0.2) is 22.8 Å². The SMILES string of the molecule is CN(Cc1cccc(C(N)=S)c1)C(=O)C(C)(C)C. The second kappa shape index (κ2) is 5.48. The molecule has 0 radical (unpaired) electrons. The number of carbonyl (C=O) groups is 1. The maximum absolute atomic E-state index is 12.1. The molecule has 1 rings (SSSR count). The zero-order chi connectivity index (χ0) is 13.9. The first-order valence-corrected chi connectivity index (χ1v) is 6.27. The molecule has 0 aliphatic carbocycles. The van der Waals surface area contributed by atoms with Crippen molar-refractivity contribution < 1.29 is 4.79 Å². The minimum absolute atomic E-state index is 0.114. The van der Waals surface area contributed by atoms with Crippen LogP contribution in [0, 0.1) is 5.41 Å². The predicted octanol–water partition coefficient (Wildman–Crippen LogP) is 2.33. The van der Waals surface area contributed by atoms with Crippen molar-refractivity contribution in [3.63, 3.8) is 0 Å². The molecule has 3 nitrogen and oxygen atoms in total. The molecule has 0 heterocycles. The van der Waals surface area contributed by atoms with Crippen LogP contribution < -0.4 is 5.73 Å². The molecular formula is C14H20N2OS. The summed E-state index contributed by atoms with van der Waals surface area (Å²) in [7, 11) is 1.81. The van der Waals surface area contributed by atoms with Crippen LogP contribution in [0.5, 0.6) is 0 Å². The van der Waals surface area contributed by atoms with Gasteiger partial charge in [0.05, 0.1) is 0 Å². The second-order valence-corrected chi connectivity index (χ2v) is 5.92. The summed E-state index contributed by atoms with van der Waals surface area (Å²) in [6.07, 6.45) is 0. The van der Waals surface area contributed by atoms with Crippen molar-refractivity contribution in [2.45, 2.75) is 27.3 Å². The molecule has 0 saturated carbocycles. The van der Waals surface area contributed by atoms with Crippen LogP contribution in [0.4, 0.5) is 0 Å². The van der Waals surface area contributed by atoms with Gasteiger partial charge in [0.2, 0.25) is 5.91 Å². The quantitative estimate of drug-likeness (QED) is 0.852. The van der Waals surface area contributed by atoms with E-state index in [9.17, 15) is 4.79 Å². The summed E-state index contributed by atoms with van der Waals surface area (Å²) in [6.45, 7) is 6.30. The number of rotatable bonds is 3. The fourth-order valence-electron chi connectivity index (χ4n) is 1.74. The van der Waals surface area contributed by atoms with Gasteiger partial charge in [0, 0.05) is 24.6 Å². The Kier molecular flexibility index (Phi) is 4.46. The van der Waals surface area contributed by atoms with Crippen molar-refractivity contribution in [2.24, 2.45) is 11.1 Å². The lowest BCUT2D eigenvalue weighted by atomic mass is 9.94. The van der Waals surface area contributed by atoms with E-state index < -0.39 is 0 Å². The highest BCUT2D eigenvalue weighted by Crippen LogP contribution is 2.18. The van der Waals surface area contributed by atoms with E-state index in [0.29, 0.717) is 11.5 Å². The molecule has 98 valence electrons. The van der Waals surface area contributed by atoms with Gasteiger partial charge in [-0.05, 0) is 11.6 Å². The summed E-state index contributed by atoms with van der Waals surface area (Å²) in [5, 5.41) is 0. The summed E-state index contributed by atoms with van der Waals surface area (Å²) in [6, 6.07) is 7.67. The van der Waals surface area contributed by atoms with E-state index in [2.05, 4.69) is 0 Å². The molecule has 1 amide bonds. The maximum atomic E-state index is 12.1. The van der Waals surface area contributed by atoms with E-state index >= 15 is 0 Å². The van der Waals surface area contributed by atoms with Gasteiger partial charge in [0.25, 0.3) is 0 Å². The first-order valence-electron chi connectivity index (χ1n) is 5.86. The summed E-state index contributed by atoms with van der Waals surface area (Å²) in [5.41, 5.74) is 7.09. The van der Waals surface area contributed by atoms with Gasteiger partial charge in [0.1, 0.15) is 4.99 Å². The molecule has 0 unspecified atom stereocenters. The number of thiocarbonyl (C=S) groups is 1. The normalized spacial score (nSPS) is 11.1. The van der Waals surface area contributed by atoms with E-state index in [1.807, 2.05) is 45.0 Å². The molecule has 1 aromatic carbocycles. The molecule has 0 aliphatic heterocycles. The Morgan fingerprint density at radius 1 is 1.39 bits per heavy atom. The van der Waals surface area contributed by atoms with E-state index in [4.69, 9.17) is 18.0 Å². The van der Waals surface area contributed by atoms with Crippen LogP contribution in [0.15, 0.2) is 24.3 Å². The van der Waals surface area contributed by atoms with E-state index in [0.717, 1.165) is 11.1 Å². The van der Waals surface area contributed by atoms with Gasteiger partial charge in [-0.2, -0.15) is 0 Å². The average Bonchev–Trinajstić information content (AvgIpc) is 2.27. The molecule has 0 aromatic heterocycles. The number of nitrogens with two attached hydrogens (primary N) is 1. The van der Waals surface area contributed by atoms with Gasteiger partial charge in [-0.3, -0.25) is 4.79 Å². The molecule has 0 aliphatic rings. The lowest BCUT2D eigenvalue weighted by molar-refractivity contribution is -0.138. The summed E-state index contributed by atoms with van der Waals surface area (Å²) < 4.78 is 0. The molecule has 0 spiro atoms. The molecule has 4 heteroatoms. The average molecular weight is 264 g/mol. The topological polar surface area (TPSA) is 46.3 Å². The lowest BCUT2D eigenvalue weighted by Gasteiger charge is -2.26. The molecule has 2 N–H and O–H groups in total. The van der Waals surface area contributed by atoms with Gasteiger partial charge < -0.3 is 10.6 Å². The van der Waals surface area contributed by atoms with E-state index in [-0.39, 0.29) is 11.3 Å². The largest absolute Gasteiger partial charge is 0.389 e. The number of hydrogen-bond donors (Lipinski definition) is 1. The van der Waals surface area contributed by atoms with Crippen molar-refractivity contribution >= 4 is 23.1 Å². The van der Waals surface area contributed by atoms with Crippen LogP contribution in [0.2, 0.25) is 0 Å². The Morgan fingerprint density at radius 3 is 2.50 bits per heavy atom. The highest BCUT2D eigenvalue weighted by Gasteiger charge is 2.24. The highest BCUT2D eigenvalue weighted by atomic mass is 32.1. The minimum atomic E-state index is -0.366. The molecule has 0 atom stereocenters. The van der Waals surface area contributed by atoms with Gasteiger partial charge in [0.15, 0.2) is 0 Å². The number of hydrogen-bond acceptors (Lipinski definition) is 2. The maximum Gasteiger partial charge on any atom is 0.227 e. The first-order chi connectivity index (χ1) is 8.21. The second-order valence-electron chi connectivity index (χ2n) is 5.48. The van der Waals surface area contributed by atoms with E-state index in [1.165, 1.54) is 0 Å².